The first-order valence-corrected chi connectivity index (χ1v) is 19.0. The molecule has 0 aliphatic heterocycles. The fourth-order valence-corrected chi connectivity index (χ4v) is 17.3. The molecular weight excluding hydrogens is 728 g/mol. The average Bonchev–Trinajstić information content (AvgIpc) is 3.70. The van der Waals surface area contributed by atoms with Crippen molar-refractivity contribution in [2.24, 2.45) is 0 Å². The molecular formula is C34H16S2Te2. The number of benzene rings is 6. The molecule has 0 N–H and O–H groups in total. The molecule has 38 heavy (non-hydrogen) atoms. The van der Waals surface area contributed by atoms with Gasteiger partial charge >= 0.3 is 247 Å². The Morgan fingerprint density at radius 1 is 0.368 bits per heavy atom. The SMILES string of the molecule is c1cc2cc3cc4cc5[te]c6c7cc8cc9cc%10sccc%10cc9cc8cc7[te]c6c5cc4cc3cc2s1. The molecule has 0 spiro atoms. The van der Waals surface area contributed by atoms with Gasteiger partial charge in [-0.2, -0.15) is 0 Å². The summed E-state index contributed by atoms with van der Waals surface area (Å²) in [5, 5.41) is 21.3. The van der Waals surface area contributed by atoms with E-state index in [0.29, 0.717) is 0 Å². The van der Waals surface area contributed by atoms with E-state index >= 15 is 0 Å². The van der Waals surface area contributed by atoms with Crippen molar-refractivity contribution in [3.05, 3.63) is 95.7 Å². The second kappa shape index (κ2) is 7.62. The summed E-state index contributed by atoms with van der Waals surface area (Å²) in [6.07, 6.45) is 0. The average molecular weight is 744 g/mol. The van der Waals surface area contributed by atoms with E-state index in [0.717, 1.165) is 0 Å². The first-order chi connectivity index (χ1) is 18.7. The number of thiophene rings is 2. The van der Waals surface area contributed by atoms with Crippen molar-refractivity contribution in [2.45, 2.75) is 0 Å². The number of hydrogen-bond acceptors (Lipinski definition) is 2. The maximum absolute atomic E-state index is 2.54. The molecule has 10 aromatic rings. The summed E-state index contributed by atoms with van der Waals surface area (Å²) in [5.41, 5.74) is 0. The Morgan fingerprint density at radius 2 is 0.737 bits per heavy atom. The van der Waals surface area contributed by atoms with Gasteiger partial charge in [0.05, 0.1) is 0 Å². The van der Waals surface area contributed by atoms with Crippen LogP contribution in [0, 0.1) is 0 Å². The summed E-state index contributed by atoms with van der Waals surface area (Å²) < 4.78 is 9.54. The predicted molar refractivity (Wildman–Crippen MR) is 174 cm³/mol. The van der Waals surface area contributed by atoms with E-state index in [-0.39, 0.29) is 40.9 Å². The molecule has 0 radical (unpaired) electrons. The van der Waals surface area contributed by atoms with E-state index < -0.39 is 0 Å². The topological polar surface area (TPSA) is 0 Å². The summed E-state index contributed by atoms with van der Waals surface area (Å²) in [5.74, 6) is 0. The van der Waals surface area contributed by atoms with Gasteiger partial charge in [-0.15, -0.1) is 0 Å². The minimum absolute atomic E-state index is 0.366. The van der Waals surface area contributed by atoms with Crippen molar-refractivity contribution >= 4 is 151 Å². The Bertz CT molecular complexity index is 2440. The van der Waals surface area contributed by atoms with E-state index in [4.69, 9.17) is 0 Å². The predicted octanol–water partition coefficient (Wildman–Crippen LogP) is 10.3. The minimum atomic E-state index is -0.366. The first-order valence-electron chi connectivity index (χ1n) is 12.6. The van der Waals surface area contributed by atoms with Gasteiger partial charge in [0.15, 0.2) is 0 Å². The van der Waals surface area contributed by atoms with Crippen LogP contribution in [0.25, 0.3) is 87.6 Å². The van der Waals surface area contributed by atoms with Crippen molar-refractivity contribution < 1.29 is 0 Å². The van der Waals surface area contributed by atoms with E-state index in [1.165, 1.54) is 63.3 Å². The molecule has 4 heterocycles. The summed E-state index contributed by atoms with van der Waals surface area (Å²) >= 11 is 2.94. The Kier molecular flexibility index (Phi) is 4.30. The van der Waals surface area contributed by atoms with Crippen molar-refractivity contribution in [3.8, 4) is 0 Å². The van der Waals surface area contributed by atoms with Crippen LogP contribution in [0.4, 0.5) is 0 Å². The molecule has 0 unspecified atom stereocenters. The third-order valence-electron chi connectivity index (χ3n) is 8.05. The third kappa shape index (κ3) is 2.97. The van der Waals surface area contributed by atoms with Crippen LogP contribution in [-0.2, 0) is 0 Å². The molecule has 0 aliphatic carbocycles. The zero-order valence-corrected chi connectivity index (χ0v) is 26.2. The number of fused-ring (bicyclic) bond motifs is 11. The van der Waals surface area contributed by atoms with Gasteiger partial charge in [-0.3, -0.25) is 0 Å². The molecule has 4 aromatic heterocycles. The number of hydrogen-bond donors (Lipinski definition) is 0. The molecule has 6 aromatic carbocycles. The van der Waals surface area contributed by atoms with E-state index in [2.05, 4.69) is 95.7 Å². The van der Waals surface area contributed by atoms with Crippen LogP contribution in [0.2, 0.25) is 0 Å². The molecule has 0 nitrogen and oxygen atoms in total. The normalized spacial score (nSPS) is 12.7. The van der Waals surface area contributed by atoms with Gasteiger partial charge in [0.2, 0.25) is 0 Å². The summed E-state index contributed by atoms with van der Waals surface area (Å²) in [6.45, 7) is 0. The molecule has 0 fully saturated rings. The van der Waals surface area contributed by atoms with E-state index in [1.807, 2.05) is 22.7 Å². The number of rotatable bonds is 0. The van der Waals surface area contributed by atoms with Gasteiger partial charge in [-0.05, 0) is 0 Å². The van der Waals surface area contributed by atoms with Crippen molar-refractivity contribution in [2.75, 3.05) is 0 Å². The molecule has 176 valence electrons. The zero-order valence-electron chi connectivity index (χ0n) is 19.9. The van der Waals surface area contributed by atoms with Gasteiger partial charge in [-0.1, -0.05) is 0 Å². The summed E-state index contributed by atoms with van der Waals surface area (Å²) in [7, 11) is 0. The zero-order chi connectivity index (χ0) is 24.5. The molecule has 0 bridgehead atoms. The molecule has 0 amide bonds. The Hall–Kier alpha value is -2.40. The summed E-state index contributed by atoms with van der Waals surface area (Å²) in [4.78, 5) is 0. The Morgan fingerprint density at radius 3 is 1.21 bits per heavy atom. The van der Waals surface area contributed by atoms with Gasteiger partial charge in [0.25, 0.3) is 0 Å². The fraction of sp³-hybridized carbons (Fsp3) is 0. The van der Waals surface area contributed by atoms with Crippen LogP contribution >= 0.6 is 22.7 Å². The molecule has 4 heteroatoms. The van der Waals surface area contributed by atoms with E-state index in [1.54, 1.807) is 24.4 Å². The second-order valence-electron chi connectivity index (χ2n) is 10.3. The molecule has 0 saturated carbocycles. The Balaban J connectivity index is 1.24. The van der Waals surface area contributed by atoms with Crippen LogP contribution < -0.4 is 0 Å². The van der Waals surface area contributed by atoms with Crippen LogP contribution in [0.5, 0.6) is 0 Å². The Labute approximate surface area is 244 Å². The maximum atomic E-state index is 2.54. The molecule has 0 aliphatic rings. The molecule has 0 saturated heterocycles. The van der Waals surface area contributed by atoms with Crippen molar-refractivity contribution in [1.82, 2.24) is 0 Å². The van der Waals surface area contributed by atoms with Crippen LogP contribution in [0.1, 0.15) is 0 Å². The van der Waals surface area contributed by atoms with Crippen LogP contribution in [-0.4, -0.2) is 40.9 Å². The standard InChI is InChI=1S/C34H16S2Te2/c1-3-35-29-13-23-9-21-11-27-31(15-25(21)7-19(23)5-17(1)29)37-34-28-12-22-10-24-14-30-18(2-4-36-30)6-20(24)8-26(22)16-32(28)38-33(27)34/h1-16H. The quantitative estimate of drug-likeness (QED) is 0.107. The van der Waals surface area contributed by atoms with E-state index in [9.17, 15) is 0 Å². The van der Waals surface area contributed by atoms with Gasteiger partial charge in [0, 0.05) is 0 Å². The van der Waals surface area contributed by atoms with Gasteiger partial charge in [-0.25, -0.2) is 0 Å². The fourth-order valence-electron chi connectivity index (χ4n) is 6.17. The van der Waals surface area contributed by atoms with Crippen molar-refractivity contribution in [1.29, 1.82) is 0 Å². The van der Waals surface area contributed by atoms with Gasteiger partial charge in [0.1, 0.15) is 0 Å². The van der Waals surface area contributed by atoms with Crippen LogP contribution in [0.3, 0.4) is 0 Å². The summed E-state index contributed by atoms with van der Waals surface area (Å²) in [6, 6.07) is 33.8. The third-order valence-corrected chi connectivity index (χ3v) is 17.8. The van der Waals surface area contributed by atoms with Crippen LogP contribution in [0.15, 0.2) is 95.7 Å². The molecule has 0 atom stereocenters. The van der Waals surface area contributed by atoms with Gasteiger partial charge < -0.3 is 0 Å². The second-order valence-corrected chi connectivity index (χ2v) is 18.2. The van der Waals surface area contributed by atoms with Crippen molar-refractivity contribution in [3.63, 3.8) is 0 Å². The molecule has 10 rings (SSSR count). The first kappa shape index (κ1) is 21.4. The monoisotopic (exact) mass is 748 g/mol.